The van der Waals surface area contributed by atoms with Crippen molar-refractivity contribution in [2.45, 2.75) is 0 Å². The van der Waals surface area contributed by atoms with E-state index in [0.29, 0.717) is 75.7 Å². The van der Waals surface area contributed by atoms with Crippen molar-refractivity contribution in [2.24, 2.45) is 0 Å². The Labute approximate surface area is 146 Å². The summed E-state index contributed by atoms with van der Waals surface area (Å²) in [5.41, 5.74) is 1.29. The quantitative estimate of drug-likeness (QED) is 0.722. The van der Waals surface area contributed by atoms with Crippen LogP contribution >= 0.6 is 0 Å². The molecule has 3 heterocycles. The summed E-state index contributed by atoms with van der Waals surface area (Å²) in [5, 5.41) is 0. The molecule has 0 fully saturated rings. The zero-order valence-electron chi connectivity index (χ0n) is 14.1. The lowest BCUT2D eigenvalue weighted by Gasteiger charge is -2.13. The van der Waals surface area contributed by atoms with Gasteiger partial charge in [-0.2, -0.15) is 0 Å². The lowest BCUT2D eigenvalue weighted by molar-refractivity contribution is 0.00518. The number of fused-ring (bicyclic) bond motifs is 3. The molecule has 7 nitrogen and oxygen atoms in total. The molecule has 134 valence electrons. The molecule has 0 unspecified atom stereocenters. The molecule has 0 spiro atoms. The molecular formula is C18H22N2O5. The molecule has 3 rings (SSSR count). The van der Waals surface area contributed by atoms with E-state index in [4.69, 9.17) is 23.7 Å². The molecule has 1 aliphatic heterocycles. The molecule has 0 atom stereocenters. The molecule has 0 saturated carbocycles. The Morgan fingerprint density at radius 2 is 0.960 bits per heavy atom. The molecule has 0 aromatic carbocycles. The second-order valence-electron chi connectivity index (χ2n) is 5.23. The van der Waals surface area contributed by atoms with Gasteiger partial charge in [-0.25, -0.2) is 0 Å². The third kappa shape index (κ3) is 5.38. The molecule has 0 bridgehead atoms. The number of nitrogens with zero attached hydrogens (tertiary/aromatic N) is 2. The third-order valence-corrected chi connectivity index (χ3v) is 3.48. The van der Waals surface area contributed by atoms with Gasteiger partial charge in [-0.3, -0.25) is 9.97 Å². The summed E-state index contributed by atoms with van der Waals surface area (Å²) in [5.74, 6) is 1.29. The molecule has 0 N–H and O–H groups in total. The van der Waals surface area contributed by atoms with Gasteiger partial charge in [0.25, 0.3) is 0 Å². The standard InChI is InChI=1S/C18H22N2O5/c1-3-15-17(19-5-1)18-16(4-2-6-20-18)25-14-12-23-10-8-21-7-9-22-11-13-24-15/h1-6H,7-14H2. The maximum atomic E-state index is 5.82. The lowest BCUT2D eigenvalue weighted by atomic mass is 10.2. The van der Waals surface area contributed by atoms with Crippen LogP contribution in [0.2, 0.25) is 0 Å². The van der Waals surface area contributed by atoms with Crippen molar-refractivity contribution in [3.05, 3.63) is 36.7 Å². The van der Waals surface area contributed by atoms with E-state index in [1.165, 1.54) is 0 Å². The number of hydrogen-bond donors (Lipinski definition) is 0. The van der Waals surface area contributed by atoms with Crippen LogP contribution in [0.4, 0.5) is 0 Å². The fourth-order valence-corrected chi connectivity index (χ4v) is 2.33. The van der Waals surface area contributed by atoms with E-state index in [-0.39, 0.29) is 0 Å². The molecule has 2 aromatic rings. The van der Waals surface area contributed by atoms with E-state index in [2.05, 4.69) is 9.97 Å². The van der Waals surface area contributed by atoms with Gasteiger partial charge in [-0.05, 0) is 24.3 Å². The van der Waals surface area contributed by atoms with Gasteiger partial charge < -0.3 is 23.7 Å². The number of aromatic nitrogens is 2. The van der Waals surface area contributed by atoms with Gasteiger partial charge in [0.1, 0.15) is 36.1 Å². The van der Waals surface area contributed by atoms with Crippen molar-refractivity contribution >= 4 is 0 Å². The smallest absolute Gasteiger partial charge is 0.147 e. The van der Waals surface area contributed by atoms with Gasteiger partial charge in [-0.15, -0.1) is 0 Å². The monoisotopic (exact) mass is 346 g/mol. The van der Waals surface area contributed by atoms with Crippen molar-refractivity contribution in [2.75, 3.05) is 52.9 Å². The summed E-state index contributed by atoms with van der Waals surface area (Å²) < 4.78 is 28.0. The Kier molecular flexibility index (Phi) is 6.99. The van der Waals surface area contributed by atoms with Gasteiger partial charge in [-0.1, -0.05) is 0 Å². The van der Waals surface area contributed by atoms with E-state index in [1.807, 2.05) is 24.3 Å². The molecule has 25 heavy (non-hydrogen) atoms. The van der Waals surface area contributed by atoms with E-state index in [1.54, 1.807) is 12.4 Å². The molecule has 0 saturated heterocycles. The Balaban J connectivity index is 1.78. The summed E-state index contributed by atoms with van der Waals surface area (Å²) in [6, 6.07) is 7.38. The van der Waals surface area contributed by atoms with E-state index in [9.17, 15) is 0 Å². The van der Waals surface area contributed by atoms with Crippen LogP contribution in [0.5, 0.6) is 11.5 Å². The molecule has 0 amide bonds. The zero-order chi connectivity index (χ0) is 17.2. The summed E-state index contributed by atoms with van der Waals surface area (Å²) in [6.45, 7) is 3.91. The summed E-state index contributed by atoms with van der Waals surface area (Å²) >= 11 is 0. The summed E-state index contributed by atoms with van der Waals surface area (Å²) in [4.78, 5) is 8.84. The molecule has 2 aromatic heterocycles. The average Bonchev–Trinajstić information content (AvgIpc) is 2.66. The highest BCUT2D eigenvalue weighted by Gasteiger charge is 2.14. The first-order chi connectivity index (χ1) is 12.4. The van der Waals surface area contributed by atoms with Crippen molar-refractivity contribution in [1.82, 2.24) is 9.97 Å². The van der Waals surface area contributed by atoms with Crippen LogP contribution in [-0.4, -0.2) is 62.8 Å². The largest absolute Gasteiger partial charge is 0.489 e. The van der Waals surface area contributed by atoms with E-state index < -0.39 is 0 Å². The SMILES string of the molecule is c1cnc2c(c1)OCCOCCOCCOCCOc1cccnc1-2. The second-order valence-corrected chi connectivity index (χ2v) is 5.23. The first kappa shape index (κ1) is 17.6. The van der Waals surface area contributed by atoms with Crippen LogP contribution in [0.1, 0.15) is 0 Å². The van der Waals surface area contributed by atoms with Crippen LogP contribution in [-0.2, 0) is 14.2 Å². The van der Waals surface area contributed by atoms with Gasteiger partial charge in [0.2, 0.25) is 0 Å². The normalized spacial score (nSPS) is 17.3. The minimum Gasteiger partial charge on any atom is -0.489 e. The zero-order valence-corrected chi connectivity index (χ0v) is 14.1. The minimum absolute atomic E-state index is 0.421. The fraction of sp³-hybridized carbons (Fsp3) is 0.444. The number of ether oxygens (including phenoxy) is 5. The van der Waals surface area contributed by atoms with E-state index >= 15 is 0 Å². The van der Waals surface area contributed by atoms with Gasteiger partial charge in [0.15, 0.2) is 0 Å². The number of rotatable bonds is 0. The molecule has 1 aliphatic rings. The highest BCUT2D eigenvalue weighted by Crippen LogP contribution is 2.32. The van der Waals surface area contributed by atoms with Crippen LogP contribution in [0, 0.1) is 0 Å². The average molecular weight is 346 g/mol. The highest BCUT2D eigenvalue weighted by atomic mass is 16.6. The first-order valence-corrected chi connectivity index (χ1v) is 8.34. The summed E-state index contributed by atoms with van der Waals surface area (Å²) in [6.07, 6.45) is 3.42. The van der Waals surface area contributed by atoms with Gasteiger partial charge in [0, 0.05) is 12.4 Å². The first-order valence-electron chi connectivity index (χ1n) is 8.34. The molecule has 0 radical (unpaired) electrons. The van der Waals surface area contributed by atoms with Gasteiger partial charge in [0.05, 0.1) is 39.6 Å². The predicted octanol–water partition coefficient (Wildman–Crippen LogP) is 1.96. The predicted molar refractivity (Wildman–Crippen MR) is 90.9 cm³/mol. The minimum atomic E-state index is 0.421. The second kappa shape index (κ2) is 9.93. The van der Waals surface area contributed by atoms with Crippen LogP contribution in [0.15, 0.2) is 36.7 Å². The number of hydrogen-bond acceptors (Lipinski definition) is 7. The highest BCUT2D eigenvalue weighted by molar-refractivity contribution is 5.68. The number of pyridine rings is 2. The summed E-state index contributed by atoms with van der Waals surface area (Å²) in [7, 11) is 0. The van der Waals surface area contributed by atoms with Crippen LogP contribution < -0.4 is 9.47 Å². The van der Waals surface area contributed by atoms with Crippen LogP contribution in [0.25, 0.3) is 11.4 Å². The van der Waals surface area contributed by atoms with Crippen molar-refractivity contribution in [1.29, 1.82) is 0 Å². The molecular weight excluding hydrogens is 324 g/mol. The van der Waals surface area contributed by atoms with Crippen LogP contribution in [0.3, 0.4) is 0 Å². The molecule has 0 aliphatic carbocycles. The topological polar surface area (TPSA) is 71.9 Å². The van der Waals surface area contributed by atoms with Crippen molar-refractivity contribution < 1.29 is 23.7 Å². The Morgan fingerprint density at radius 3 is 1.40 bits per heavy atom. The Morgan fingerprint density at radius 1 is 0.560 bits per heavy atom. The Hall–Kier alpha value is -2.22. The van der Waals surface area contributed by atoms with Gasteiger partial charge >= 0.3 is 0 Å². The van der Waals surface area contributed by atoms with Crippen molar-refractivity contribution in [3.63, 3.8) is 0 Å². The fourth-order valence-electron chi connectivity index (χ4n) is 2.33. The van der Waals surface area contributed by atoms with E-state index in [0.717, 1.165) is 0 Å². The third-order valence-electron chi connectivity index (χ3n) is 3.48. The molecule has 7 heteroatoms. The lowest BCUT2D eigenvalue weighted by Crippen LogP contribution is -2.14. The Bertz CT molecular complexity index is 597. The maximum absolute atomic E-state index is 5.82. The maximum Gasteiger partial charge on any atom is 0.147 e. The van der Waals surface area contributed by atoms with Crippen molar-refractivity contribution in [3.8, 4) is 22.9 Å².